The van der Waals surface area contributed by atoms with Crippen LogP contribution < -0.4 is 5.73 Å². The Balaban J connectivity index is 2.00. The smallest absolute Gasteiger partial charge is 0.0994 e. The molecule has 0 aliphatic heterocycles. The third-order valence-corrected chi connectivity index (χ3v) is 3.81. The molecular formula is C13H24N4O. The summed E-state index contributed by atoms with van der Waals surface area (Å²) in [6, 6.07) is 0.435. The molecule has 0 saturated heterocycles. The van der Waals surface area contributed by atoms with Crippen molar-refractivity contribution in [2.24, 2.45) is 5.73 Å². The summed E-state index contributed by atoms with van der Waals surface area (Å²) in [7, 11) is 1.79. The molecule has 3 atom stereocenters. The monoisotopic (exact) mass is 252 g/mol. The number of hydrogen-bond donors (Lipinski definition) is 1. The molecular weight excluding hydrogens is 228 g/mol. The largest absolute Gasteiger partial charge is 0.381 e. The summed E-state index contributed by atoms with van der Waals surface area (Å²) in [5, 5.41) is 8.45. The maximum Gasteiger partial charge on any atom is 0.0994 e. The highest BCUT2D eigenvalue weighted by Crippen LogP contribution is 2.29. The fourth-order valence-corrected chi connectivity index (χ4v) is 2.67. The minimum atomic E-state index is 0.0190. The number of aromatic nitrogens is 3. The second-order valence-electron chi connectivity index (χ2n) is 5.20. The Bertz CT molecular complexity index is 366. The lowest BCUT2D eigenvalue weighted by Crippen LogP contribution is -2.24. The second kappa shape index (κ2) is 6.29. The Labute approximate surface area is 109 Å². The number of ether oxygens (including phenoxy) is 1. The van der Waals surface area contributed by atoms with Crippen molar-refractivity contribution in [2.45, 2.75) is 63.6 Å². The van der Waals surface area contributed by atoms with Crippen LogP contribution in [0.3, 0.4) is 0 Å². The molecule has 5 nitrogen and oxygen atoms in total. The predicted molar refractivity (Wildman–Crippen MR) is 70.2 cm³/mol. The molecule has 1 saturated carbocycles. The first-order valence-electron chi connectivity index (χ1n) is 6.94. The zero-order chi connectivity index (χ0) is 13.0. The first kappa shape index (κ1) is 13.5. The van der Waals surface area contributed by atoms with Gasteiger partial charge >= 0.3 is 0 Å². The molecule has 1 heterocycles. The predicted octanol–water partition coefficient (Wildman–Crippen LogP) is 2.21. The van der Waals surface area contributed by atoms with Crippen molar-refractivity contribution in [1.82, 2.24) is 15.0 Å². The Morgan fingerprint density at radius 1 is 1.56 bits per heavy atom. The fraction of sp³-hybridized carbons (Fsp3) is 0.846. The van der Waals surface area contributed by atoms with Gasteiger partial charge in [0, 0.05) is 7.11 Å². The minimum Gasteiger partial charge on any atom is -0.381 e. The molecule has 18 heavy (non-hydrogen) atoms. The molecule has 1 aliphatic rings. The number of nitrogens with zero attached hydrogens (tertiary/aromatic N) is 3. The van der Waals surface area contributed by atoms with Gasteiger partial charge in [-0.15, -0.1) is 5.10 Å². The van der Waals surface area contributed by atoms with E-state index in [1.165, 1.54) is 6.42 Å². The molecule has 2 N–H and O–H groups in total. The van der Waals surface area contributed by atoms with E-state index < -0.39 is 0 Å². The van der Waals surface area contributed by atoms with Crippen LogP contribution in [0, 0.1) is 0 Å². The van der Waals surface area contributed by atoms with E-state index in [0.717, 1.165) is 37.8 Å². The molecule has 1 aromatic heterocycles. The van der Waals surface area contributed by atoms with Crippen molar-refractivity contribution in [2.75, 3.05) is 7.11 Å². The third-order valence-electron chi connectivity index (χ3n) is 3.81. The summed E-state index contributed by atoms with van der Waals surface area (Å²) in [6.45, 7) is 2.13. The molecule has 0 amide bonds. The summed E-state index contributed by atoms with van der Waals surface area (Å²) >= 11 is 0. The second-order valence-corrected chi connectivity index (χ2v) is 5.20. The lowest BCUT2D eigenvalue weighted by molar-refractivity contribution is 0.0504. The Morgan fingerprint density at radius 3 is 3.11 bits per heavy atom. The molecule has 0 radical (unpaired) electrons. The molecule has 1 fully saturated rings. The number of nitrogens with two attached hydrogens (primary N) is 1. The van der Waals surface area contributed by atoms with Crippen molar-refractivity contribution < 1.29 is 4.74 Å². The highest BCUT2D eigenvalue weighted by molar-refractivity contribution is 5.00. The summed E-state index contributed by atoms with van der Waals surface area (Å²) in [5.41, 5.74) is 6.97. The highest BCUT2D eigenvalue weighted by Gasteiger charge is 2.24. The van der Waals surface area contributed by atoms with Crippen molar-refractivity contribution >= 4 is 0 Å². The van der Waals surface area contributed by atoms with E-state index in [-0.39, 0.29) is 6.04 Å². The minimum absolute atomic E-state index is 0.0190. The Hall–Kier alpha value is -0.940. The van der Waals surface area contributed by atoms with Gasteiger partial charge in [0.05, 0.1) is 30.1 Å². The number of hydrogen-bond acceptors (Lipinski definition) is 4. The number of rotatable bonds is 5. The molecule has 2 rings (SSSR count). The van der Waals surface area contributed by atoms with Gasteiger partial charge in [-0.3, -0.25) is 0 Å². The molecule has 1 aliphatic carbocycles. The maximum atomic E-state index is 6.06. The van der Waals surface area contributed by atoms with Crippen LogP contribution >= 0.6 is 0 Å². The summed E-state index contributed by atoms with van der Waals surface area (Å²) in [6.07, 6.45) is 8.95. The van der Waals surface area contributed by atoms with Gasteiger partial charge < -0.3 is 10.5 Å². The number of methoxy groups -OCH3 is 1. The first-order valence-corrected chi connectivity index (χ1v) is 6.94. The Kier molecular flexibility index (Phi) is 4.72. The quantitative estimate of drug-likeness (QED) is 0.872. The van der Waals surface area contributed by atoms with Crippen LogP contribution in [0.1, 0.15) is 63.2 Å². The van der Waals surface area contributed by atoms with Crippen LogP contribution in [-0.4, -0.2) is 28.2 Å². The van der Waals surface area contributed by atoms with Crippen LogP contribution in [-0.2, 0) is 4.74 Å². The van der Waals surface area contributed by atoms with Gasteiger partial charge in [-0.1, -0.05) is 18.6 Å². The SMILES string of the molecule is CCCC(N)c1cn(C2CCCC(OC)C2)nn1. The zero-order valence-corrected chi connectivity index (χ0v) is 11.4. The zero-order valence-electron chi connectivity index (χ0n) is 11.4. The maximum absolute atomic E-state index is 6.06. The van der Waals surface area contributed by atoms with Gasteiger partial charge in [0.2, 0.25) is 0 Å². The van der Waals surface area contributed by atoms with Gasteiger partial charge in [-0.05, 0) is 32.1 Å². The average molecular weight is 252 g/mol. The fourth-order valence-electron chi connectivity index (χ4n) is 2.67. The molecule has 0 aromatic carbocycles. The van der Waals surface area contributed by atoms with Crippen LogP contribution in [0.5, 0.6) is 0 Å². The standard InChI is InChI=1S/C13H24N4O/c1-3-5-12(14)13-9-17(16-15-13)10-6-4-7-11(8-10)18-2/h9-12H,3-8,14H2,1-2H3. The lowest BCUT2D eigenvalue weighted by Gasteiger charge is -2.27. The van der Waals surface area contributed by atoms with Crippen LogP contribution in [0.4, 0.5) is 0 Å². The van der Waals surface area contributed by atoms with Gasteiger partial charge in [0.25, 0.3) is 0 Å². The highest BCUT2D eigenvalue weighted by atomic mass is 16.5. The summed E-state index contributed by atoms with van der Waals surface area (Å²) < 4.78 is 7.43. The molecule has 0 spiro atoms. The van der Waals surface area contributed by atoms with Crippen molar-refractivity contribution in [3.05, 3.63) is 11.9 Å². The van der Waals surface area contributed by atoms with E-state index in [0.29, 0.717) is 12.1 Å². The average Bonchev–Trinajstić information content (AvgIpc) is 2.89. The van der Waals surface area contributed by atoms with Gasteiger partial charge in [0.1, 0.15) is 0 Å². The van der Waals surface area contributed by atoms with Crippen molar-refractivity contribution in [3.63, 3.8) is 0 Å². The van der Waals surface area contributed by atoms with Crippen LogP contribution in [0.25, 0.3) is 0 Å². The van der Waals surface area contributed by atoms with E-state index in [1.807, 2.05) is 10.9 Å². The summed E-state index contributed by atoms with van der Waals surface area (Å²) in [5.74, 6) is 0. The lowest BCUT2D eigenvalue weighted by atomic mass is 9.93. The Morgan fingerprint density at radius 2 is 2.39 bits per heavy atom. The first-order chi connectivity index (χ1) is 8.74. The van der Waals surface area contributed by atoms with Gasteiger partial charge in [-0.25, -0.2) is 4.68 Å². The topological polar surface area (TPSA) is 66.0 Å². The normalized spacial score (nSPS) is 26.2. The summed E-state index contributed by atoms with van der Waals surface area (Å²) in [4.78, 5) is 0. The van der Waals surface area contributed by atoms with Gasteiger partial charge in [-0.2, -0.15) is 0 Å². The van der Waals surface area contributed by atoms with Crippen molar-refractivity contribution in [3.8, 4) is 0 Å². The molecule has 3 unspecified atom stereocenters. The van der Waals surface area contributed by atoms with E-state index in [9.17, 15) is 0 Å². The molecule has 1 aromatic rings. The molecule has 0 bridgehead atoms. The van der Waals surface area contributed by atoms with Crippen LogP contribution in [0.2, 0.25) is 0 Å². The van der Waals surface area contributed by atoms with E-state index in [4.69, 9.17) is 10.5 Å². The molecule has 5 heteroatoms. The van der Waals surface area contributed by atoms with Gasteiger partial charge in [0.15, 0.2) is 0 Å². The van der Waals surface area contributed by atoms with Crippen molar-refractivity contribution in [1.29, 1.82) is 0 Å². The third kappa shape index (κ3) is 3.09. The van der Waals surface area contributed by atoms with E-state index in [1.54, 1.807) is 7.11 Å². The van der Waals surface area contributed by atoms with E-state index >= 15 is 0 Å². The molecule has 102 valence electrons. The van der Waals surface area contributed by atoms with E-state index in [2.05, 4.69) is 17.2 Å². The van der Waals surface area contributed by atoms with Crippen LogP contribution in [0.15, 0.2) is 6.20 Å².